The second-order valence-corrected chi connectivity index (χ2v) is 9.33. The van der Waals surface area contributed by atoms with Gasteiger partial charge in [0.2, 0.25) is 5.91 Å². The molecule has 174 valence electrons. The number of halogens is 1. The molecule has 2 atom stereocenters. The highest BCUT2D eigenvalue weighted by Gasteiger charge is 2.30. The first-order chi connectivity index (χ1) is 16.6. The third-order valence-corrected chi connectivity index (χ3v) is 6.98. The second-order valence-electron chi connectivity index (χ2n) is 8.90. The number of aromatic nitrogens is 1. The molecule has 5 nitrogen and oxygen atoms in total. The molecule has 1 aliphatic rings. The summed E-state index contributed by atoms with van der Waals surface area (Å²) in [6.07, 6.45) is 2.49. The molecular weight excluding hydrogens is 444 g/mol. The summed E-state index contributed by atoms with van der Waals surface area (Å²) in [6.45, 7) is 2.90. The highest BCUT2D eigenvalue weighted by Crippen LogP contribution is 2.30. The highest BCUT2D eigenvalue weighted by atomic mass is 35.5. The summed E-state index contributed by atoms with van der Waals surface area (Å²) in [5.74, 6) is 0.0210. The molecule has 4 aromatic rings. The van der Waals surface area contributed by atoms with Crippen molar-refractivity contribution in [1.82, 2.24) is 14.8 Å². The number of benzene rings is 3. The first kappa shape index (κ1) is 22.7. The highest BCUT2D eigenvalue weighted by molar-refractivity contribution is 6.30. The third-order valence-electron chi connectivity index (χ3n) is 6.72. The number of nitrogens with zero attached hydrogens (tertiary/aromatic N) is 2. The molecule has 0 bridgehead atoms. The number of carbonyl (C=O) groups excluding carboxylic acids is 1. The van der Waals surface area contributed by atoms with E-state index in [2.05, 4.69) is 52.3 Å². The summed E-state index contributed by atoms with van der Waals surface area (Å²) in [4.78, 5) is 20.8. The average Bonchev–Trinajstić information content (AvgIpc) is 3.29. The van der Waals surface area contributed by atoms with E-state index in [0.29, 0.717) is 19.5 Å². The van der Waals surface area contributed by atoms with Gasteiger partial charge in [0, 0.05) is 48.3 Å². The molecule has 3 N–H and O–H groups in total. The molecule has 0 saturated carbocycles. The van der Waals surface area contributed by atoms with Crippen molar-refractivity contribution in [1.29, 1.82) is 0 Å². The van der Waals surface area contributed by atoms with E-state index in [-0.39, 0.29) is 11.9 Å². The largest absolute Gasteiger partial charge is 0.361 e. The van der Waals surface area contributed by atoms with Gasteiger partial charge in [-0.3, -0.25) is 9.69 Å². The van der Waals surface area contributed by atoms with Crippen molar-refractivity contribution >= 4 is 28.4 Å². The number of rotatable bonds is 6. The van der Waals surface area contributed by atoms with Gasteiger partial charge in [0.25, 0.3) is 0 Å². The van der Waals surface area contributed by atoms with Gasteiger partial charge in [0.15, 0.2) is 0 Å². The van der Waals surface area contributed by atoms with Crippen LogP contribution in [-0.4, -0.2) is 52.9 Å². The number of hydrogen-bond donors (Lipinski definition) is 2. The lowest BCUT2D eigenvalue weighted by Crippen LogP contribution is -2.54. The maximum atomic E-state index is 13.2. The van der Waals surface area contributed by atoms with Crippen molar-refractivity contribution in [3.8, 4) is 0 Å². The fourth-order valence-electron chi connectivity index (χ4n) is 4.95. The molecule has 34 heavy (non-hydrogen) atoms. The van der Waals surface area contributed by atoms with Gasteiger partial charge in [-0.15, -0.1) is 0 Å². The number of piperazine rings is 1. The molecular formula is C28H29ClN4O. The van der Waals surface area contributed by atoms with Gasteiger partial charge >= 0.3 is 0 Å². The second kappa shape index (κ2) is 10.0. The van der Waals surface area contributed by atoms with Crippen molar-refractivity contribution in [3.05, 3.63) is 107 Å². The zero-order valence-electron chi connectivity index (χ0n) is 19.0. The third kappa shape index (κ3) is 4.73. The van der Waals surface area contributed by atoms with Crippen molar-refractivity contribution in [2.75, 3.05) is 26.2 Å². The fraction of sp³-hybridized carbons (Fsp3) is 0.250. The number of amides is 1. The van der Waals surface area contributed by atoms with Gasteiger partial charge in [-0.25, -0.2) is 0 Å². The van der Waals surface area contributed by atoms with Crippen molar-refractivity contribution in [2.45, 2.75) is 18.5 Å². The number of aromatic amines is 1. The molecule has 1 aliphatic heterocycles. The summed E-state index contributed by atoms with van der Waals surface area (Å²) in [5, 5.41) is 1.86. The van der Waals surface area contributed by atoms with Crippen LogP contribution in [0.25, 0.3) is 10.9 Å². The number of nitrogens with one attached hydrogen (secondary N) is 1. The number of hydrogen-bond acceptors (Lipinski definition) is 3. The average molecular weight is 473 g/mol. The van der Waals surface area contributed by atoms with Gasteiger partial charge in [-0.1, -0.05) is 72.3 Å². The van der Waals surface area contributed by atoms with Crippen LogP contribution in [-0.2, 0) is 11.2 Å². The number of fused-ring (bicyclic) bond motifs is 1. The Morgan fingerprint density at radius 2 is 1.53 bits per heavy atom. The molecule has 2 unspecified atom stereocenters. The topological polar surface area (TPSA) is 65.4 Å². The number of carbonyl (C=O) groups is 1. The maximum absolute atomic E-state index is 13.2. The Bertz CT molecular complexity index is 1250. The van der Waals surface area contributed by atoms with E-state index in [4.69, 9.17) is 17.3 Å². The lowest BCUT2D eigenvalue weighted by Gasteiger charge is -2.40. The van der Waals surface area contributed by atoms with E-state index in [1.165, 1.54) is 11.1 Å². The van der Waals surface area contributed by atoms with Gasteiger partial charge in [-0.2, -0.15) is 0 Å². The molecule has 2 heterocycles. The molecule has 3 aromatic carbocycles. The predicted octanol–water partition coefficient (Wildman–Crippen LogP) is 4.62. The molecule has 0 aliphatic carbocycles. The number of para-hydroxylation sites is 1. The summed E-state index contributed by atoms with van der Waals surface area (Å²) in [5.41, 5.74) is 11.0. The van der Waals surface area contributed by atoms with Crippen molar-refractivity contribution in [3.63, 3.8) is 0 Å². The van der Waals surface area contributed by atoms with Gasteiger partial charge in [-0.05, 0) is 41.3 Å². The minimum Gasteiger partial charge on any atom is -0.361 e. The summed E-state index contributed by atoms with van der Waals surface area (Å²) < 4.78 is 0. The molecule has 1 fully saturated rings. The summed E-state index contributed by atoms with van der Waals surface area (Å²) in [7, 11) is 0. The van der Waals surface area contributed by atoms with E-state index in [1.54, 1.807) is 0 Å². The zero-order valence-corrected chi connectivity index (χ0v) is 19.8. The first-order valence-electron chi connectivity index (χ1n) is 11.7. The summed E-state index contributed by atoms with van der Waals surface area (Å²) in [6, 6.07) is 26.3. The van der Waals surface area contributed by atoms with Crippen LogP contribution in [0.1, 0.15) is 22.7 Å². The quantitative estimate of drug-likeness (QED) is 0.430. The van der Waals surface area contributed by atoms with Crippen LogP contribution in [0.3, 0.4) is 0 Å². The van der Waals surface area contributed by atoms with E-state index in [1.807, 2.05) is 47.5 Å². The van der Waals surface area contributed by atoms with Crippen molar-refractivity contribution in [2.24, 2.45) is 5.73 Å². The first-order valence-corrected chi connectivity index (χ1v) is 12.1. The minimum atomic E-state index is -0.549. The van der Waals surface area contributed by atoms with Crippen LogP contribution < -0.4 is 5.73 Å². The van der Waals surface area contributed by atoms with Crippen LogP contribution in [0.15, 0.2) is 85.1 Å². The van der Waals surface area contributed by atoms with Crippen LogP contribution >= 0.6 is 11.6 Å². The van der Waals surface area contributed by atoms with E-state index < -0.39 is 6.04 Å². The number of H-pyrrole nitrogens is 1. The Morgan fingerprint density at radius 3 is 2.26 bits per heavy atom. The van der Waals surface area contributed by atoms with Crippen LogP contribution in [0.5, 0.6) is 0 Å². The number of nitrogens with two attached hydrogens (primary N) is 1. The minimum absolute atomic E-state index is 0.0210. The molecule has 0 spiro atoms. The molecule has 6 heteroatoms. The van der Waals surface area contributed by atoms with Crippen LogP contribution in [0, 0.1) is 0 Å². The maximum Gasteiger partial charge on any atom is 0.239 e. The van der Waals surface area contributed by atoms with Gasteiger partial charge in [0.05, 0.1) is 12.1 Å². The lowest BCUT2D eigenvalue weighted by atomic mass is 9.96. The Kier molecular flexibility index (Phi) is 6.68. The normalized spacial score (nSPS) is 16.5. The van der Waals surface area contributed by atoms with E-state index in [0.717, 1.165) is 34.6 Å². The molecule has 0 radical (unpaired) electrons. The Morgan fingerprint density at radius 1 is 0.882 bits per heavy atom. The predicted molar refractivity (Wildman–Crippen MR) is 138 cm³/mol. The Balaban J connectivity index is 1.27. The SMILES string of the molecule is NC(Cc1c[nH]c2ccccc12)C(=O)N1CCN(C(c2ccccc2)c2ccc(Cl)cc2)CC1. The summed E-state index contributed by atoms with van der Waals surface area (Å²) >= 11 is 6.14. The smallest absolute Gasteiger partial charge is 0.239 e. The van der Waals surface area contributed by atoms with Crippen molar-refractivity contribution < 1.29 is 4.79 Å². The molecule has 1 amide bonds. The lowest BCUT2D eigenvalue weighted by molar-refractivity contribution is -0.134. The van der Waals surface area contributed by atoms with Crippen LogP contribution in [0.4, 0.5) is 0 Å². The molecule has 5 rings (SSSR count). The van der Waals surface area contributed by atoms with E-state index in [9.17, 15) is 4.79 Å². The Labute approximate surface area is 205 Å². The molecule has 1 aromatic heterocycles. The van der Waals surface area contributed by atoms with Crippen LogP contribution in [0.2, 0.25) is 5.02 Å². The monoisotopic (exact) mass is 472 g/mol. The Hall–Kier alpha value is -3.12. The van der Waals surface area contributed by atoms with Gasteiger partial charge in [0.1, 0.15) is 0 Å². The molecule has 1 saturated heterocycles. The zero-order chi connectivity index (χ0) is 23.5. The standard InChI is InChI=1S/C28H29ClN4O/c29-23-12-10-21(11-13-23)27(20-6-2-1-3-7-20)32-14-16-33(17-15-32)28(34)25(30)18-22-19-31-26-9-5-4-8-24(22)26/h1-13,19,25,27,31H,14-18,30H2. The van der Waals surface area contributed by atoms with E-state index >= 15 is 0 Å². The fourth-order valence-corrected chi connectivity index (χ4v) is 5.08. The van der Waals surface area contributed by atoms with Gasteiger partial charge < -0.3 is 15.6 Å².